The van der Waals surface area contributed by atoms with Gasteiger partial charge in [0.05, 0.1) is 17.9 Å². The van der Waals surface area contributed by atoms with Crippen LogP contribution < -0.4 is 10.6 Å². The maximum Gasteiger partial charge on any atom is 0.340 e. The van der Waals surface area contributed by atoms with E-state index in [1.165, 1.54) is 13.1 Å². The number of hydrogen-bond donors (Lipinski definition) is 2. The smallest absolute Gasteiger partial charge is 0.340 e. The van der Waals surface area contributed by atoms with Gasteiger partial charge in [0.1, 0.15) is 11.6 Å². The summed E-state index contributed by atoms with van der Waals surface area (Å²) >= 11 is 0. The fraction of sp³-hybridized carbons (Fsp3) is 0.143. The molecule has 0 heterocycles. The Morgan fingerprint density at radius 1 is 1.11 bits per heavy atom. The third-order valence-corrected chi connectivity index (χ3v) is 3.71. The molecule has 0 saturated carbocycles. The fourth-order valence-electron chi connectivity index (χ4n) is 2.28. The zero-order chi connectivity index (χ0) is 20.5. The Balaban J connectivity index is 2.14. The van der Waals surface area contributed by atoms with Crippen molar-refractivity contribution in [1.29, 1.82) is 5.26 Å². The normalized spacial score (nSPS) is 10.5. The van der Waals surface area contributed by atoms with Crippen molar-refractivity contribution in [2.75, 3.05) is 17.2 Å². The average molecular weight is 377 g/mol. The molecule has 28 heavy (non-hydrogen) atoms. The number of Topliss-reactive ketones (excluding diaryl/α,β-unsaturated/α-hetero) is 1. The minimum Gasteiger partial charge on any atom is -0.462 e. The van der Waals surface area contributed by atoms with Crippen LogP contribution in [0.2, 0.25) is 0 Å². The summed E-state index contributed by atoms with van der Waals surface area (Å²) in [4.78, 5) is 35.6. The maximum absolute atomic E-state index is 12.3. The molecule has 0 fully saturated rings. The molecule has 0 unspecified atom stereocenters. The van der Waals surface area contributed by atoms with Crippen molar-refractivity contribution < 1.29 is 19.1 Å². The third-order valence-electron chi connectivity index (χ3n) is 3.71. The van der Waals surface area contributed by atoms with E-state index in [9.17, 15) is 19.6 Å². The quantitative estimate of drug-likeness (QED) is 0.331. The minimum atomic E-state index is -0.626. The van der Waals surface area contributed by atoms with Crippen molar-refractivity contribution in [3.8, 4) is 6.07 Å². The van der Waals surface area contributed by atoms with Gasteiger partial charge in [0.25, 0.3) is 5.91 Å². The molecule has 0 aliphatic rings. The molecule has 0 radical (unpaired) electrons. The summed E-state index contributed by atoms with van der Waals surface area (Å²) in [6.07, 6.45) is 1.22. The summed E-state index contributed by atoms with van der Waals surface area (Å²) in [6.45, 7) is 3.39. The molecule has 7 heteroatoms. The van der Waals surface area contributed by atoms with Gasteiger partial charge >= 0.3 is 5.97 Å². The molecular weight excluding hydrogens is 358 g/mol. The molecule has 0 spiro atoms. The van der Waals surface area contributed by atoms with E-state index < -0.39 is 11.9 Å². The zero-order valence-corrected chi connectivity index (χ0v) is 15.5. The van der Waals surface area contributed by atoms with Crippen molar-refractivity contribution >= 4 is 29.0 Å². The molecule has 1 amide bonds. The van der Waals surface area contributed by atoms with E-state index in [2.05, 4.69) is 10.6 Å². The van der Waals surface area contributed by atoms with Crippen LogP contribution in [0.4, 0.5) is 11.4 Å². The number of rotatable bonds is 7. The second-order valence-electron chi connectivity index (χ2n) is 5.67. The molecule has 2 aromatic carbocycles. The standard InChI is InChI=1S/C21H19N3O4/c1-3-28-21(27)18-6-4-5-7-19(18)23-13-16(12-22)20(26)24-17-10-8-15(9-11-17)14(2)25/h4-11,13,23H,3H2,1-2H3,(H,24,26)/b16-13-. The molecule has 7 nitrogen and oxygen atoms in total. The highest BCUT2D eigenvalue weighted by molar-refractivity contribution is 6.07. The van der Waals surface area contributed by atoms with Crippen LogP contribution in [-0.4, -0.2) is 24.3 Å². The molecule has 2 N–H and O–H groups in total. The summed E-state index contributed by atoms with van der Waals surface area (Å²) in [5.41, 5.74) is 1.48. The fourth-order valence-corrected chi connectivity index (χ4v) is 2.28. The molecule has 2 aromatic rings. The van der Waals surface area contributed by atoms with E-state index in [1.807, 2.05) is 6.07 Å². The van der Waals surface area contributed by atoms with Gasteiger partial charge in [-0.1, -0.05) is 12.1 Å². The number of anilines is 2. The highest BCUT2D eigenvalue weighted by Gasteiger charge is 2.13. The van der Waals surface area contributed by atoms with Crippen molar-refractivity contribution in [3.63, 3.8) is 0 Å². The molecule has 0 aromatic heterocycles. The van der Waals surface area contributed by atoms with Crippen LogP contribution in [0.1, 0.15) is 34.6 Å². The number of carbonyl (C=O) groups is 3. The van der Waals surface area contributed by atoms with E-state index >= 15 is 0 Å². The van der Waals surface area contributed by atoms with Gasteiger partial charge in [0, 0.05) is 17.5 Å². The number of nitriles is 1. The molecule has 0 saturated heterocycles. The molecule has 2 rings (SSSR count). The molecule has 0 aliphatic carbocycles. The van der Waals surface area contributed by atoms with Gasteiger partial charge in [0.2, 0.25) is 0 Å². The molecule has 0 bridgehead atoms. The van der Waals surface area contributed by atoms with Crippen LogP contribution in [0.5, 0.6) is 0 Å². The Morgan fingerprint density at radius 3 is 2.39 bits per heavy atom. The Kier molecular flexibility index (Phi) is 7.06. The second kappa shape index (κ2) is 9.69. The SMILES string of the molecule is CCOC(=O)c1ccccc1N/C=C(/C#N)C(=O)Nc1ccc(C(C)=O)cc1. The van der Waals surface area contributed by atoms with Crippen molar-refractivity contribution in [2.24, 2.45) is 0 Å². The van der Waals surface area contributed by atoms with Crippen molar-refractivity contribution in [3.05, 3.63) is 71.4 Å². The topological polar surface area (TPSA) is 108 Å². The summed E-state index contributed by atoms with van der Waals surface area (Å²) in [5.74, 6) is -1.22. The van der Waals surface area contributed by atoms with E-state index in [4.69, 9.17) is 4.74 Å². The lowest BCUT2D eigenvalue weighted by atomic mass is 10.1. The highest BCUT2D eigenvalue weighted by atomic mass is 16.5. The summed E-state index contributed by atoms with van der Waals surface area (Å²) in [7, 11) is 0. The van der Waals surface area contributed by atoms with Crippen molar-refractivity contribution in [1.82, 2.24) is 0 Å². The minimum absolute atomic E-state index is 0.0834. The predicted molar refractivity (Wildman–Crippen MR) is 105 cm³/mol. The zero-order valence-electron chi connectivity index (χ0n) is 15.5. The Labute approximate surface area is 162 Å². The van der Waals surface area contributed by atoms with Crippen molar-refractivity contribution in [2.45, 2.75) is 13.8 Å². The number of amides is 1. The largest absolute Gasteiger partial charge is 0.462 e. The Hall–Kier alpha value is -3.92. The summed E-state index contributed by atoms with van der Waals surface area (Å²) in [5, 5.41) is 14.7. The lowest BCUT2D eigenvalue weighted by Crippen LogP contribution is -2.15. The number of hydrogen-bond acceptors (Lipinski definition) is 6. The predicted octanol–water partition coefficient (Wildman–Crippen LogP) is 3.52. The lowest BCUT2D eigenvalue weighted by Gasteiger charge is -2.09. The first-order chi connectivity index (χ1) is 13.5. The number of esters is 1. The monoisotopic (exact) mass is 377 g/mol. The molecule has 142 valence electrons. The van der Waals surface area contributed by atoms with Gasteiger partial charge < -0.3 is 15.4 Å². The van der Waals surface area contributed by atoms with Crippen LogP contribution in [0.15, 0.2) is 60.3 Å². The first kappa shape index (κ1) is 20.4. The van der Waals surface area contributed by atoms with E-state index in [0.717, 1.165) is 0 Å². The Morgan fingerprint density at radius 2 is 1.79 bits per heavy atom. The summed E-state index contributed by atoms with van der Waals surface area (Å²) in [6, 6.07) is 14.7. The average Bonchev–Trinajstić information content (AvgIpc) is 2.69. The number of para-hydroxylation sites is 1. The van der Waals surface area contributed by atoms with Gasteiger partial charge in [-0.15, -0.1) is 0 Å². The number of nitrogens with one attached hydrogen (secondary N) is 2. The van der Waals surface area contributed by atoms with Gasteiger partial charge in [-0.3, -0.25) is 9.59 Å². The van der Waals surface area contributed by atoms with Gasteiger partial charge in [-0.05, 0) is 50.2 Å². The van der Waals surface area contributed by atoms with Crippen LogP contribution in [0, 0.1) is 11.3 Å². The van der Waals surface area contributed by atoms with E-state index in [-0.39, 0.29) is 23.5 Å². The number of carbonyl (C=O) groups excluding carboxylic acids is 3. The van der Waals surface area contributed by atoms with E-state index in [0.29, 0.717) is 16.9 Å². The van der Waals surface area contributed by atoms with Crippen LogP contribution in [0.3, 0.4) is 0 Å². The number of ketones is 1. The second-order valence-corrected chi connectivity index (χ2v) is 5.67. The van der Waals surface area contributed by atoms with Crippen LogP contribution >= 0.6 is 0 Å². The molecule has 0 atom stereocenters. The lowest BCUT2D eigenvalue weighted by molar-refractivity contribution is -0.112. The molecular formula is C21H19N3O4. The van der Waals surface area contributed by atoms with Gasteiger partial charge in [-0.25, -0.2) is 4.79 Å². The van der Waals surface area contributed by atoms with E-state index in [1.54, 1.807) is 55.5 Å². The van der Waals surface area contributed by atoms with Gasteiger partial charge in [-0.2, -0.15) is 5.26 Å². The summed E-state index contributed by atoms with van der Waals surface area (Å²) < 4.78 is 4.99. The van der Waals surface area contributed by atoms with Gasteiger partial charge in [0.15, 0.2) is 5.78 Å². The Bertz CT molecular complexity index is 956. The molecule has 0 aliphatic heterocycles. The number of benzene rings is 2. The number of ether oxygens (including phenoxy) is 1. The number of nitrogens with zero attached hydrogens (tertiary/aromatic N) is 1. The van der Waals surface area contributed by atoms with Crippen LogP contribution in [-0.2, 0) is 9.53 Å². The first-order valence-electron chi connectivity index (χ1n) is 8.51. The maximum atomic E-state index is 12.3. The first-order valence-corrected chi connectivity index (χ1v) is 8.51. The highest BCUT2D eigenvalue weighted by Crippen LogP contribution is 2.17. The third kappa shape index (κ3) is 5.29. The van der Waals surface area contributed by atoms with Crippen LogP contribution in [0.25, 0.3) is 0 Å².